The third-order valence-electron chi connectivity index (χ3n) is 2.32. The van der Waals surface area contributed by atoms with Crippen molar-refractivity contribution in [3.63, 3.8) is 0 Å². The highest BCUT2D eigenvalue weighted by atomic mass is 16.1. The SMILES string of the molecule is CC1=CC=CC(C)(C)C1NC=O. The van der Waals surface area contributed by atoms with E-state index in [1.54, 1.807) is 0 Å². The third kappa shape index (κ3) is 1.58. The number of amides is 1. The fourth-order valence-electron chi connectivity index (χ4n) is 1.64. The van der Waals surface area contributed by atoms with E-state index in [0.29, 0.717) is 0 Å². The molecular weight excluding hydrogens is 150 g/mol. The van der Waals surface area contributed by atoms with Crippen LogP contribution in [0.25, 0.3) is 0 Å². The van der Waals surface area contributed by atoms with Gasteiger partial charge in [0.25, 0.3) is 0 Å². The molecule has 1 aliphatic rings. The second-order valence-electron chi connectivity index (χ2n) is 3.81. The lowest BCUT2D eigenvalue weighted by Crippen LogP contribution is -2.42. The summed E-state index contributed by atoms with van der Waals surface area (Å²) in [6, 6.07) is 0.139. The van der Waals surface area contributed by atoms with Gasteiger partial charge in [0.1, 0.15) is 0 Å². The van der Waals surface area contributed by atoms with E-state index in [4.69, 9.17) is 0 Å². The van der Waals surface area contributed by atoms with Gasteiger partial charge < -0.3 is 5.32 Å². The molecule has 1 atom stereocenters. The summed E-state index contributed by atoms with van der Waals surface area (Å²) in [5, 5.41) is 2.82. The first-order valence-corrected chi connectivity index (χ1v) is 4.13. The average Bonchev–Trinajstić information content (AvgIpc) is 1.97. The van der Waals surface area contributed by atoms with E-state index in [-0.39, 0.29) is 11.5 Å². The Morgan fingerprint density at radius 3 is 2.75 bits per heavy atom. The molecule has 1 rings (SSSR count). The Morgan fingerprint density at radius 2 is 2.25 bits per heavy atom. The third-order valence-corrected chi connectivity index (χ3v) is 2.32. The summed E-state index contributed by atoms with van der Waals surface area (Å²) in [6.07, 6.45) is 6.95. The van der Waals surface area contributed by atoms with Crippen molar-refractivity contribution in [2.75, 3.05) is 0 Å². The maximum Gasteiger partial charge on any atom is 0.207 e. The second-order valence-corrected chi connectivity index (χ2v) is 3.81. The minimum absolute atomic E-state index is 0.0275. The van der Waals surface area contributed by atoms with Gasteiger partial charge in [0.2, 0.25) is 6.41 Å². The van der Waals surface area contributed by atoms with Crippen LogP contribution in [0.2, 0.25) is 0 Å². The summed E-state index contributed by atoms with van der Waals surface area (Å²) >= 11 is 0. The molecule has 2 heteroatoms. The Bertz CT molecular complexity index is 238. The van der Waals surface area contributed by atoms with Gasteiger partial charge in [0, 0.05) is 5.41 Å². The minimum atomic E-state index is 0.0275. The largest absolute Gasteiger partial charge is 0.351 e. The highest BCUT2D eigenvalue weighted by molar-refractivity contribution is 5.49. The molecule has 0 bridgehead atoms. The number of carbonyl (C=O) groups is 1. The molecule has 1 amide bonds. The molecule has 0 aromatic carbocycles. The molecule has 0 saturated carbocycles. The molecule has 0 aliphatic heterocycles. The molecule has 0 saturated heterocycles. The molecule has 0 fully saturated rings. The van der Waals surface area contributed by atoms with Crippen molar-refractivity contribution in [3.8, 4) is 0 Å². The lowest BCUT2D eigenvalue weighted by molar-refractivity contribution is -0.110. The summed E-state index contributed by atoms with van der Waals surface area (Å²) in [7, 11) is 0. The molecule has 0 radical (unpaired) electrons. The van der Waals surface area contributed by atoms with Gasteiger partial charge in [-0.25, -0.2) is 0 Å². The fraction of sp³-hybridized carbons (Fsp3) is 0.500. The number of carbonyl (C=O) groups excluding carboxylic acids is 1. The Kier molecular flexibility index (Phi) is 2.36. The Labute approximate surface area is 73.4 Å². The van der Waals surface area contributed by atoms with Gasteiger partial charge in [0.15, 0.2) is 0 Å². The van der Waals surface area contributed by atoms with Gasteiger partial charge in [-0.15, -0.1) is 0 Å². The van der Waals surface area contributed by atoms with E-state index in [2.05, 4.69) is 25.2 Å². The Balaban J connectivity index is 2.86. The van der Waals surface area contributed by atoms with Crippen molar-refractivity contribution in [2.24, 2.45) is 5.41 Å². The number of allylic oxidation sites excluding steroid dienone is 2. The molecule has 0 aromatic rings. The lowest BCUT2D eigenvalue weighted by Gasteiger charge is -2.34. The molecule has 0 aromatic heterocycles. The number of hydrogen-bond acceptors (Lipinski definition) is 1. The molecule has 0 spiro atoms. The Morgan fingerprint density at radius 1 is 1.58 bits per heavy atom. The molecule has 0 heterocycles. The number of nitrogens with one attached hydrogen (secondary N) is 1. The van der Waals surface area contributed by atoms with Gasteiger partial charge in [0.05, 0.1) is 6.04 Å². The van der Waals surface area contributed by atoms with Crippen LogP contribution < -0.4 is 5.32 Å². The zero-order chi connectivity index (χ0) is 9.19. The van der Waals surface area contributed by atoms with Crippen molar-refractivity contribution in [1.82, 2.24) is 5.32 Å². The monoisotopic (exact) mass is 165 g/mol. The van der Waals surface area contributed by atoms with Crippen LogP contribution in [0.1, 0.15) is 20.8 Å². The summed E-state index contributed by atoms with van der Waals surface area (Å²) in [6.45, 7) is 6.26. The lowest BCUT2D eigenvalue weighted by atomic mass is 9.77. The van der Waals surface area contributed by atoms with Crippen LogP contribution in [-0.4, -0.2) is 12.5 Å². The van der Waals surface area contributed by atoms with E-state index in [1.165, 1.54) is 5.57 Å². The van der Waals surface area contributed by atoms with E-state index in [9.17, 15) is 4.79 Å². The quantitative estimate of drug-likeness (QED) is 0.619. The van der Waals surface area contributed by atoms with Crippen LogP contribution in [0.3, 0.4) is 0 Å². The first kappa shape index (κ1) is 9.04. The van der Waals surface area contributed by atoms with Crippen molar-refractivity contribution >= 4 is 6.41 Å². The second kappa shape index (κ2) is 3.13. The minimum Gasteiger partial charge on any atom is -0.351 e. The van der Waals surface area contributed by atoms with Crippen LogP contribution in [0, 0.1) is 5.41 Å². The van der Waals surface area contributed by atoms with E-state index in [0.717, 1.165) is 6.41 Å². The molecule has 2 nitrogen and oxygen atoms in total. The Hall–Kier alpha value is -1.05. The van der Waals surface area contributed by atoms with E-state index >= 15 is 0 Å². The van der Waals surface area contributed by atoms with Crippen molar-refractivity contribution in [1.29, 1.82) is 0 Å². The molecule has 1 aliphatic carbocycles. The van der Waals surface area contributed by atoms with Crippen molar-refractivity contribution < 1.29 is 4.79 Å². The summed E-state index contributed by atoms with van der Waals surface area (Å²) in [5.74, 6) is 0. The fourth-order valence-corrected chi connectivity index (χ4v) is 1.64. The van der Waals surface area contributed by atoms with Crippen LogP contribution in [0.5, 0.6) is 0 Å². The van der Waals surface area contributed by atoms with Gasteiger partial charge in [-0.1, -0.05) is 37.6 Å². The zero-order valence-electron chi connectivity index (χ0n) is 7.79. The normalized spacial score (nSPS) is 26.2. The molecule has 12 heavy (non-hydrogen) atoms. The molecular formula is C10H15NO. The summed E-state index contributed by atoms with van der Waals surface area (Å²) < 4.78 is 0. The van der Waals surface area contributed by atoms with Crippen LogP contribution in [-0.2, 0) is 4.79 Å². The highest BCUT2D eigenvalue weighted by Crippen LogP contribution is 2.30. The van der Waals surface area contributed by atoms with Crippen LogP contribution in [0.4, 0.5) is 0 Å². The maximum atomic E-state index is 10.3. The smallest absolute Gasteiger partial charge is 0.207 e. The standard InChI is InChI=1S/C10H15NO/c1-8-5-4-6-10(2,3)9(8)11-7-12/h4-7,9H,1-3H3,(H,11,12). The maximum absolute atomic E-state index is 10.3. The number of hydrogen-bond donors (Lipinski definition) is 1. The van der Waals surface area contributed by atoms with Gasteiger partial charge in [-0.2, -0.15) is 0 Å². The predicted molar refractivity (Wildman–Crippen MR) is 49.7 cm³/mol. The van der Waals surface area contributed by atoms with Crippen LogP contribution >= 0.6 is 0 Å². The highest BCUT2D eigenvalue weighted by Gasteiger charge is 2.29. The summed E-state index contributed by atoms with van der Waals surface area (Å²) in [4.78, 5) is 10.3. The average molecular weight is 165 g/mol. The van der Waals surface area contributed by atoms with Gasteiger partial charge in [-0.3, -0.25) is 4.79 Å². The van der Waals surface area contributed by atoms with Crippen molar-refractivity contribution in [3.05, 3.63) is 23.8 Å². The topological polar surface area (TPSA) is 29.1 Å². The van der Waals surface area contributed by atoms with Gasteiger partial charge >= 0.3 is 0 Å². The zero-order valence-corrected chi connectivity index (χ0v) is 7.79. The molecule has 1 unspecified atom stereocenters. The molecule has 1 N–H and O–H groups in total. The molecule has 66 valence electrons. The predicted octanol–water partition coefficient (Wildman–Crippen LogP) is 1.64. The van der Waals surface area contributed by atoms with E-state index in [1.807, 2.05) is 19.1 Å². The van der Waals surface area contributed by atoms with Gasteiger partial charge in [-0.05, 0) is 6.92 Å². The first-order valence-electron chi connectivity index (χ1n) is 4.13. The van der Waals surface area contributed by atoms with Crippen LogP contribution in [0.15, 0.2) is 23.8 Å². The summed E-state index contributed by atoms with van der Waals surface area (Å²) in [5.41, 5.74) is 1.23. The first-order chi connectivity index (χ1) is 5.58. The van der Waals surface area contributed by atoms with Crippen molar-refractivity contribution in [2.45, 2.75) is 26.8 Å². The number of rotatable bonds is 2. The van der Waals surface area contributed by atoms with E-state index < -0.39 is 0 Å².